The molecule has 1 amide bonds. The molecule has 1 aromatic rings. The summed E-state index contributed by atoms with van der Waals surface area (Å²) in [5.41, 5.74) is 0.765. The minimum Gasteiger partial charge on any atom is -0.349 e. The molecule has 1 heterocycles. The van der Waals surface area contributed by atoms with E-state index in [2.05, 4.69) is 28.2 Å². The summed E-state index contributed by atoms with van der Waals surface area (Å²) in [5.74, 6) is 0.729. The van der Waals surface area contributed by atoms with Crippen molar-refractivity contribution in [2.75, 3.05) is 0 Å². The Kier molecular flexibility index (Phi) is 4.03. The molecular weight excluding hydrogens is 286 g/mol. The van der Waals surface area contributed by atoms with Gasteiger partial charge in [0.1, 0.15) is 0 Å². The number of nitrogens with one attached hydrogen (secondary N) is 1. The van der Waals surface area contributed by atoms with E-state index < -0.39 is 0 Å². The van der Waals surface area contributed by atoms with Crippen molar-refractivity contribution < 1.29 is 4.79 Å². The molecular formula is C12H16BrNOS. The number of carbonyl (C=O) groups is 1. The third-order valence-corrected chi connectivity index (χ3v) is 4.80. The van der Waals surface area contributed by atoms with E-state index in [4.69, 9.17) is 0 Å². The predicted molar refractivity (Wildman–Crippen MR) is 70.9 cm³/mol. The van der Waals surface area contributed by atoms with Crippen LogP contribution in [0.3, 0.4) is 0 Å². The zero-order chi connectivity index (χ0) is 11.5. The van der Waals surface area contributed by atoms with Gasteiger partial charge in [0.2, 0.25) is 0 Å². The van der Waals surface area contributed by atoms with Gasteiger partial charge in [0, 0.05) is 11.4 Å². The van der Waals surface area contributed by atoms with Crippen molar-refractivity contribution in [1.82, 2.24) is 5.32 Å². The van der Waals surface area contributed by atoms with Crippen molar-refractivity contribution in [3.8, 4) is 0 Å². The molecule has 1 saturated carbocycles. The SMILES string of the molecule is CC(NC(=O)c1csc(Br)c1)C1CCCC1. The van der Waals surface area contributed by atoms with Crippen molar-refractivity contribution in [1.29, 1.82) is 0 Å². The average Bonchev–Trinajstić information content (AvgIpc) is 2.87. The number of hydrogen-bond donors (Lipinski definition) is 1. The van der Waals surface area contributed by atoms with E-state index in [0.717, 1.165) is 9.35 Å². The standard InChI is InChI=1S/C12H16BrNOS/c1-8(9-4-2-3-5-9)14-12(15)10-6-11(13)16-7-10/h6-9H,2-5H2,1H3,(H,14,15). The molecule has 0 bridgehead atoms. The van der Waals surface area contributed by atoms with Crippen LogP contribution >= 0.6 is 27.3 Å². The molecule has 1 atom stereocenters. The Bertz CT molecular complexity index is 371. The molecule has 0 radical (unpaired) electrons. The lowest BCUT2D eigenvalue weighted by molar-refractivity contribution is 0.0927. The molecule has 2 rings (SSSR count). The number of thiophene rings is 1. The van der Waals surface area contributed by atoms with Gasteiger partial charge < -0.3 is 5.32 Å². The van der Waals surface area contributed by atoms with Crippen molar-refractivity contribution in [3.05, 3.63) is 20.8 Å². The van der Waals surface area contributed by atoms with Crippen molar-refractivity contribution >= 4 is 33.2 Å². The highest BCUT2D eigenvalue weighted by molar-refractivity contribution is 9.11. The first-order chi connectivity index (χ1) is 7.66. The Morgan fingerprint density at radius 1 is 1.56 bits per heavy atom. The lowest BCUT2D eigenvalue weighted by Crippen LogP contribution is -2.36. The fraction of sp³-hybridized carbons (Fsp3) is 0.583. The summed E-state index contributed by atoms with van der Waals surface area (Å²) in [6.07, 6.45) is 5.15. The third-order valence-electron chi connectivity index (χ3n) is 3.30. The van der Waals surface area contributed by atoms with E-state index in [1.807, 2.05) is 11.4 Å². The highest BCUT2D eigenvalue weighted by Crippen LogP contribution is 2.28. The van der Waals surface area contributed by atoms with Gasteiger partial charge in [-0.15, -0.1) is 11.3 Å². The van der Waals surface area contributed by atoms with Gasteiger partial charge >= 0.3 is 0 Å². The summed E-state index contributed by atoms with van der Waals surface area (Å²) in [5, 5.41) is 4.99. The fourth-order valence-electron chi connectivity index (χ4n) is 2.29. The number of amides is 1. The second kappa shape index (κ2) is 5.32. The quantitative estimate of drug-likeness (QED) is 0.903. The van der Waals surface area contributed by atoms with Crippen LogP contribution in [0, 0.1) is 5.92 Å². The second-order valence-electron chi connectivity index (χ2n) is 4.45. The van der Waals surface area contributed by atoms with Gasteiger partial charge in [-0.25, -0.2) is 0 Å². The fourth-order valence-corrected chi connectivity index (χ4v) is 3.43. The summed E-state index contributed by atoms with van der Waals surface area (Å²) in [6, 6.07) is 2.18. The molecule has 0 saturated heterocycles. The molecule has 0 spiro atoms. The van der Waals surface area contributed by atoms with Crippen LogP contribution in [0.5, 0.6) is 0 Å². The molecule has 4 heteroatoms. The molecule has 88 valence electrons. The number of rotatable bonds is 3. The summed E-state index contributed by atoms with van der Waals surface area (Å²) in [6.45, 7) is 2.12. The Morgan fingerprint density at radius 2 is 2.25 bits per heavy atom. The smallest absolute Gasteiger partial charge is 0.252 e. The monoisotopic (exact) mass is 301 g/mol. The van der Waals surface area contributed by atoms with Crippen LogP contribution in [0.1, 0.15) is 43.0 Å². The van der Waals surface area contributed by atoms with Crippen LogP contribution in [0.2, 0.25) is 0 Å². The topological polar surface area (TPSA) is 29.1 Å². The normalized spacial score (nSPS) is 18.6. The Hall–Kier alpha value is -0.350. The number of carbonyl (C=O) groups excluding carboxylic acids is 1. The molecule has 0 aliphatic heterocycles. The minimum absolute atomic E-state index is 0.0568. The predicted octanol–water partition coefficient (Wildman–Crippen LogP) is 3.82. The van der Waals surface area contributed by atoms with Crippen molar-refractivity contribution in [2.24, 2.45) is 5.92 Å². The summed E-state index contributed by atoms with van der Waals surface area (Å²) < 4.78 is 1.01. The number of halogens is 1. The second-order valence-corrected chi connectivity index (χ2v) is 6.74. The molecule has 16 heavy (non-hydrogen) atoms. The lowest BCUT2D eigenvalue weighted by Gasteiger charge is -2.19. The van der Waals surface area contributed by atoms with Gasteiger partial charge in [-0.05, 0) is 47.7 Å². The van der Waals surface area contributed by atoms with E-state index in [0.29, 0.717) is 12.0 Å². The Morgan fingerprint density at radius 3 is 2.81 bits per heavy atom. The third kappa shape index (κ3) is 2.86. The van der Waals surface area contributed by atoms with E-state index in [-0.39, 0.29) is 5.91 Å². The van der Waals surface area contributed by atoms with Gasteiger partial charge in [-0.1, -0.05) is 12.8 Å². The first-order valence-electron chi connectivity index (χ1n) is 5.71. The summed E-state index contributed by atoms with van der Waals surface area (Å²) >= 11 is 4.92. The van der Waals surface area contributed by atoms with E-state index in [1.54, 1.807) is 11.3 Å². The van der Waals surface area contributed by atoms with Crippen molar-refractivity contribution in [3.63, 3.8) is 0 Å². The van der Waals surface area contributed by atoms with Crippen LogP contribution < -0.4 is 5.32 Å². The van der Waals surface area contributed by atoms with Crippen molar-refractivity contribution in [2.45, 2.75) is 38.6 Å². The van der Waals surface area contributed by atoms with E-state index >= 15 is 0 Å². The van der Waals surface area contributed by atoms with Gasteiger partial charge in [0.25, 0.3) is 5.91 Å². The van der Waals surface area contributed by atoms with Crippen LogP contribution in [0.25, 0.3) is 0 Å². The van der Waals surface area contributed by atoms with Gasteiger partial charge in [0.15, 0.2) is 0 Å². The van der Waals surface area contributed by atoms with E-state index in [1.165, 1.54) is 25.7 Å². The highest BCUT2D eigenvalue weighted by atomic mass is 79.9. The van der Waals surface area contributed by atoms with Crippen LogP contribution in [-0.2, 0) is 0 Å². The van der Waals surface area contributed by atoms with Crippen LogP contribution in [-0.4, -0.2) is 11.9 Å². The Balaban J connectivity index is 1.91. The molecule has 1 aromatic heterocycles. The lowest BCUT2D eigenvalue weighted by atomic mass is 9.99. The zero-order valence-corrected chi connectivity index (χ0v) is 11.7. The molecule has 0 aromatic carbocycles. The van der Waals surface area contributed by atoms with Gasteiger partial charge in [-0.2, -0.15) is 0 Å². The van der Waals surface area contributed by atoms with Gasteiger partial charge in [0.05, 0.1) is 9.35 Å². The summed E-state index contributed by atoms with van der Waals surface area (Å²) in [7, 11) is 0. The highest BCUT2D eigenvalue weighted by Gasteiger charge is 2.23. The van der Waals surface area contributed by atoms with Gasteiger partial charge in [-0.3, -0.25) is 4.79 Å². The maximum Gasteiger partial charge on any atom is 0.252 e. The van der Waals surface area contributed by atoms with E-state index in [9.17, 15) is 4.79 Å². The van der Waals surface area contributed by atoms with Crippen LogP contribution in [0.4, 0.5) is 0 Å². The number of hydrogen-bond acceptors (Lipinski definition) is 2. The molecule has 1 unspecified atom stereocenters. The molecule has 1 aliphatic carbocycles. The molecule has 1 N–H and O–H groups in total. The maximum atomic E-state index is 11.9. The zero-order valence-electron chi connectivity index (χ0n) is 9.33. The molecule has 1 fully saturated rings. The summed E-state index contributed by atoms with van der Waals surface area (Å²) in [4.78, 5) is 11.9. The molecule has 2 nitrogen and oxygen atoms in total. The Labute approximate surface area is 109 Å². The van der Waals surface area contributed by atoms with Crippen LogP contribution in [0.15, 0.2) is 15.2 Å². The largest absolute Gasteiger partial charge is 0.349 e. The first-order valence-corrected chi connectivity index (χ1v) is 7.39. The molecule has 1 aliphatic rings. The maximum absolute atomic E-state index is 11.9. The first kappa shape index (κ1) is 12.1. The average molecular weight is 302 g/mol. The minimum atomic E-state index is 0.0568.